The lowest BCUT2D eigenvalue weighted by atomic mass is 10.1. The molecule has 0 radical (unpaired) electrons. The van der Waals surface area contributed by atoms with Crippen LogP contribution in [0.2, 0.25) is 0 Å². The van der Waals surface area contributed by atoms with Gasteiger partial charge in [-0.15, -0.1) is 0 Å². The molecular formula is C21H26N6O4S. The largest absolute Gasteiger partial charge is 0.470 e. The summed E-state index contributed by atoms with van der Waals surface area (Å²) in [4.78, 5) is 15.5. The fourth-order valence-electron chi connectivity index (χ4n) is 3.52. The van der Waals surface area contributed by atoms with Gasteiger partial charge in [-0.2, -0.15) is 12.7 Å². The quantitative estimate of drug-likeness (QED) is 0.588. The number of benzene rings is 1. The SMILES string of the molecule is CC(Oc1nc(-c2ccc(N(C)C)cc2)cc2nccnc12)C1CN(S(N)(=O)=O)CCO1. The highest BCUT2D eigenvalue weighted by atomic mass is 32.2. The standard InChI is InChI=1S/C21H26N6O4S/c1-14(19-13-27(10-11-30-19)32(22,28)29)31-21-20-18(23-8-9-24-20)12-17(25-21)15-4-6-16(7-5-15)26(2)3/h4-9,12,14,19H,10-11,13H2,1-3H3,(H2,22,28,29). The molecule has 0 saturated carbocycles. The molecule has 1 aliphatic rings. The molecule has 3 heterocycles. The van der Waals surface area contributed by atoms with Crippen molar-refractivity contribution >= 4 is 26.9 Å². The van der Waals surface area contributed by atoms with Crippen LogP contribution in [0.5, 0.6) is 5.88 Å². The van der Waals surface area contributed by atoms with Gasteiger partial charge in [0.1, 0.15) is 12.2 Å². The summed E-state index contributed by atoms with van der Waals surface area (Å²) in [6.07, 6.45) is 2.19. The van der Waals surface area contributed by atoms with E-state index in [0.29, 0.717) is 22.6 Å². The summed E-state index contributed by atoms with van der Waals surface area (Å²) in [7, 11) is 0.169. The fourth-order valence-corrected chi connectivity index (χ4v) is 4.21. The number of morpholine rings is 1. The Bertz CT molecular complexity index is 1200. The zero-order valence-electron chi connectivity index (χ0n) is 18.2. The monoisotopic (exact) mass is 458 g/mol. The minimum atomic E-state index is -3.80. The lowest BCUT2D eigenvalue weighted by molar-refractivity contribution is -0.0567. The maximum atomic E-state index is 11.7. The molecule has 2 N–H and O–H groups in total. The number of fused-ring (bicyclic) bond motifs is 1. The van der Waals surface area contributed by atoms with E-state index in [0.717, 1.165) is 11.3 Å². The van der Waals surface area contributed by atoms with Crippen LogP contribution in [0, 0.1) is 0 Å². The Morgan fingerprint density at radius 2 is 1.94 bits per heavy atom. The van der Waals surface area contributed by atoms with Gasteiger partial charge in [0, 0.05) is 50.8 Å². The maximum Gasteiger partial charge on any atom is 0.277 e. The Morgan fingerprint density at radius 3 is 2.62 bits per heavy atom. The Hall–Kier alpha value is -2.86. The molecule has 0 bridgehead atoms. The molecular weight excluding hydrogens is 432 g/mol. The molecule has 0 aliphatic carbocycles. The summed E-state index contributed by atoms with van der Waals surface area (Å²) < 4.78 is 36.5. The first kappa shape index (κ1) is 22.3. The molecule has 2 atom stereocenters. The van der Waals surface area contributed by atoms with E-state index in [-0.39, 0.29) is 19.7 Å². The van der Waals surface area contributed by atoms with Gasteiger partial charge in [-0.3, -0.25) is 4.98 Å². The Kier molecular flexibility index (Phi) is 6.24. The molecule has 3 aromatic rings. The van der Waals surface area contributed by atoms with Crippen LogP contribution in [0.25, 0.3) is 22.3 Å². The highest BCUT2D eigenvalue weighted by Crippen LogP contribution is 2.29. The van der Waals surface area contributed by atoms with Crippen molar-refractivity contribution in [3.05, 3.63) is 42.7 Å². The summed E-state index contributed by atoms with van der Waals surface area (Å²) in [5.41, 5.74) is 3.85. The van der Waals surface area contributed by atoms with E-state index < -0.39 is 22.4 Å². The molecule has 2 unspecified atom stereocenters. The van der Waals surface area contributed by atoms with Gasteiger partial charge < -0.3 is 14.4 Å². The predicted molar refractivity (Wildman–Crippen MR) is 122 cm³/mol. The van der Waals surface area contributed by atoms with Gasteiger partial charge in [-0.05, 0) is 25.1 Å². The summed E-state index contributed by atoms with van der Waals surface area (Å²) in [5.74, 6) is 0.311. The molecule has 32 heavy (non-hydrogen) atoms. The molecule has 1 fully saturated rings. The average Bonchev–Trinajstić information content (AvgIpc) is 2.78. The molecule has 1 saturated heterocycles. The van der Waals surface area contributed by atoms with E-state index in [1.54, 1.807) is 19.3 Å². The predicted octanol–water partition coefficient (Wildman–Crippen LogP) is 1.43. The van der Waals surface area contributed by atoms with E-state index >= 15 is 0 Å². The van der Waals surface area contributed by atoms with Crippen LogP contribution in [0.1, 0.15) is 6.92 Å². The Morgan fingerprint density at radius 1 is 1.22 bits per heavy atom. The first-order chi connectivity index (χ1) is 15.2. The van der Waals surface area contributed by atoms with Gasteiger partial charge in [0.05, 0.1) is 17.8 Å². The number of rotatable bonds is 6. The third kappa shape index (κ3) is 4.80. The number of pyridine rings is 1. The van der Waals surface area contributed by atoms with Gasteiger partial charge in [0.25, 0.3) is 10.2 Å². The highest BCUT2D eigenvalue weighted by Gasteiger charge is 2.32. The molecule has 1 aromatic carbocycles. The molecule has 0 amide bonds. The molecule has 1 aliphatic heterocycles. The van der Waals surface area contributed by atoms with Crippen molar-refractivity contribution in [2.45, 2.75) is 19.1 Å². The van der Waals surface area contributed by atoms with Gasteiger partial charge in [0.2, 0.25) is 5.88 Å². The second-order valence-corrected chi connectivity index (χ2v) is 9.36. The van der Waals surface area contributed by atoms with Crippen molar-refractivity contribution < 1.29 is 17.9 Å². The lowest BCUT2D eigenvalue weighted by Crippen LogP contribution is -2.52. The van der Waals surface area contributed by atoms with Gasteiger partial charge in [-0.25, -0.2) is 15.1 Å². The van der Waals surface area contributed by atoms with Gasteiger partial charge in [-0.1, -0.05) is 12.1 Å². The van der Waals surface area contributed by atoms with Crippen LogP contribution in [0.3, 0.4) is 0 Å². The van der Waals surface area contributed by atoms with E-state index in [1.807, 2.05) is 49.3 Å². The number of hydrogen-bond donors (Lipinski definition) is 1. The van der Waals surface area contributed by atoms with Crippen LogP contribution in [0.4, 0.5) is 5.69 Å². The van der Waals surface area contributed by atoms with Crippen LogP contribution >= 0.6 is 0 Å². The number of anilines is 1. The minimum absolute atomic E-state index is 0.106. The second kappa shape index (κ2) is 8.94. The van der Waals surface area contributed by atoms with Crippen molar-refractivity contribution in [1.29, 1.82) is 0 Å². The molecule has 4 rings (SSSR count). The lowest BCUT2D eigenvalue weighted by Gasteiger charge is -2.33. The third-order valence-corrected chi connectivity index (χ3v) is 6.39. The van der Waals surface area contributed by atoms with E-state index in [2.05, 4.69) is 9.97 Å². The Balaban J connectivity index is 1.64. The van der Waals surface area contributed by atoms with Crippen molar-refractivity contribution in [3.8, 4) is 17.1 Å². The van der Waals surface area contributed by atoms with E-state index in [1.165, 1.54) is 4.31 Å². The summed E-state index contributed by atoms with van der Waals surface area (Å²) in [6, 6.07) is 9.87. The van der Waals surface area contributed by atoms with E-state index in [4.69, 9.17) is 19.6 Å². The number of nitrogens with zero attached hydrogens (tertiary/aromatic N) is 5. The van der Waals surface area contributed by atoms with Crippen LogP contribution in [-0.2, 0) is 14.9 Å². The third-order valence-electron chi connectivity index (χ3n) is 5.34. The van der Waals surface area contributed by atoms with Crippen LogP contribution < -0.4 is 14.8 Å². The van der Waals surface area contributed by atoms with Crippen molar-refractivity contribution in [3.63, 3.8) is 0 Å². The number of hydrogen-bond acceptors (Lipinski definition) is 8. The van der Waals surface area contributed by atoms with Crippen molar-refractivity contribution in [2.24, 2.45) is 5.14 Å². The minimum Gasteiger partial charge on any atom is -0.470 e. The summed E-state index contributed by atoms with van der Waals surface area (Å²) in [5, 5.41) is 5.28. The number of ether oxygens (including phenoxy) is 2. The summed E-state index contributed by atoms with van der Waals surface area (Å²) in [6.45, 7) is 2.36. The van der Waals surface area contributed by atoms with Crippen LogP contribution in [0.15, 0.2) is 42.7 Å². The number of nitrogens with two attached hydrogens (primary N) is 1. The van der Waals surface area contributed by atoms with E-state index in [9.17, 15) is 8.42 Å². The molecule has 10 nitrogen and oxygen atoms in total. The van der Waals surface area contributed by atoms with Gasteiger partial charge >= 0.3 is 0 Å². The van der Waals surface area contributed by atoms with Crippen molar-refractivity contribution in [2.75, 3.05) is 38.7 Å². The smallest absolute Gasteiger partial charge is 0.277 e. The zero-order valence-corrected chi connectivity index (χ0v) is 19.0. The number of aromatic nitrogens is 3. The topological polar surface area (TPSA) is 124 Å². The summed E-state index contributed by atoms with van der Waals surface area (Å²) >= 11 is 0. The fraction of sp³-hybridized carbons (Fsp3) is 0.381. The van der Waals surface area contributed by atoms with Crippen molar-refractivity contribution in [1.82, 2.24) is 19.3 Å². The molecule has 0 spiro atoms. The van der Waals surface area contributed by atoms with Gasteiger partial charge in [0.15, 0.2) is 5.52 Å². The first-order valence-electron chi connectivity index (χ1n) is 10.2. The van der Waals surface area contributed by atoms with Crippen LogP contribution in [-0.4, -0.2) is 73.7 Å². The first-order valence-corrected chi connectivity index (χ1v) is 11.7. The second-order valence-electron chi connectivity index (χ2n) is 7.81. The average molecular weight is 459 g/mol. The zero-order chi connectivity index (χ0) is 22.9. The normalized spacial score (nSPS) is 18.4. The highest BCUT2D eigenvalue weighted by molar-refractivity contribution is 7.86. The Labute approximate surface area is 187 Å². The molecule has 11 heteroatoms. The molecule has 2 aromatic heterocycles. The maximum absolute atomic E-state index is 11.7. The molecule has 170 valence electrons.